The molecule has 0 bridgehead atoms. The first-order valence-electron chi connectivity index (χ1n) is 10.9. The Morgan fingerprint density at radius 3 is 2.45 bits per heavy atom. The largest absolute Gasteiger partial charge is 0.352 e. The fraction of sp³-hybridized carbons (Fsp3) is 0.231. The van der Waals surface area contributed by atoms with Crippen LogP contribution in [0.25, 0.3) is 11.0 Å². The molecule has 0 atom stereocenters. The van der Waals surface area contributed by atoms with E-state index in [4.69, 9.17) is 39.8 Å². The smallest absolute Gasteiger partial charge is 0.251 e. The van der Waals surface area contributed by atoms with Gasteiger partial charge in [-0.25, -0.2) is 4.98 Å². The Hall–Kier alpha value is -2.53. The zero-order valence-corrected chi connectivity index (χ0v) is 20.3. The van der Waals surface area contributed by atoms with Crippen LogP contribution in [0.5, 0.6) is 0 Å². The van der Waals surface area contributed by atoms with Crippen LogP contribution in [0.1, 0.15) is 41.0 Å². The van der Waals surface area contributed by atoms with Gasteiger partial charge >= 0.3 is 0 Å². The first-order valence-corrected chi connectivity index (χ1v) is 12.1. The minimum Gasteiger partial charge on any atom is -0.352 e. The molecule has 4 rings (SSSR count). The fourth-order valence-electron chi connectivity index (χ4n) is 3.80. The summed E-state index contributed by atoms with van der Waals surface area (Å²) < 4.78 is 2.25. The maximum absolute atomic E-state index is 12.2. The summed E-state index contributed by atoms with van der Waals surface area (Å²) in [6.45, 7) is 1.32. The number of para-hydroxylation sites is 2. The van der Waals surface area contributed by atoms with Crippen LogP contribution in [0.2, 0.25) is 15.1 Å². The Morgan fingerprint density at radius 1 is 0.879 bits per heavy atom. The molecular weight excluding hydrogens is 477 g/mol. The number of rotatable bonds is 9. The molecule has 1 aromatic heterocycles. The molecule has 0 saturated carbocycles. The number of hydrogen-bond acceptors (Lipinski definition) is 2. The number of nitrogens with one attached hydrogen (secondary N) is 1. The Bertz CT molecular complexity index is 1250. The monoisotopic (exact) mass is 499 g/mol. The van der Waals surface area contributed by atoms with Crippen LogP contribution in [-0.4, -0.2) is 22.0 Å². The van der Waals surface area contributed by atoms with Gasteiger partial charge in [0.2, 0.25) is 0 Å². The quantitative estimate of drug-likeness (QED) is 0.247. The maximum atomic E-state index is 12.2. The van der Waals surface area contributed by atoms with Crippen molar-refractivity contribution in [1.82, 2.24) is 14.9 Å². The summed E-state index contributed by atoms with van der Waals surface area (Å²) in [4.78, 5) is 17.1. The molecule has 7 heteroatoms. The molecule has 0 radical (unpaired) electrons. The van der Waals surface area contributed by atoms with Gasteiger partial charge in [-0.2, -0.15) is 0 Å². The minimum absolute atomic E-state index is 0.0740. The van der Waals surface area contributed by atoms with Crippen molar-refractivity contribution in [2.45, 2.75) is 32.2 Å². The van der Waals surface area contributed by atoms with Crippen LogP contribution in [0.15, 0.2) is 66.7 Å². The number of aryl methyl sites for hydroxylation is 1. The molecular formula is C26H24Cl3N3O. The number of hydrogen-bond donors (Lipinski definition) is 1. The van der Waals surface area contributed by atoms with Crippen molar-refractivity contribution >= 4 is 51.7 Å². The first-order chi connectivity index (χ1) is 16.0. The van der Waals surface area contributed by atoms with Gasteiger partial charge in [0, 0.05) is 30.1 Å². The zero-order chi connectivity index (χ0) is 23.2. The van der Waals surface area contributed by atoms with Crippen LogP contribution >= 0.6 is 34.8 Å². The van der Waals surface area contributed by atoms with Gasteiger partial charge in [-0.3, -0.25) is 4.79 Å². The van der Waals surface area contributed by atoms with Crippen molar-refractivity contribution in [3.05, 3.63) is 98.7 Å². The maximum Gasteiger partial charge on any atom is 0.251 e. The van der Waals surface area contributed by atoms with Crippen LogP contribution < -0.4 is 5.32 Å². The van der Waals surface area contributed by atoms with E-state index in [0.717, 1.165) is 48.1 Å². The number of unbranched alkanes of at least 4 members (excludes halogenated alkanes) is 2. The second kappa shape index (κ2) is 11.1. The third-order valence-corrected chi connectivity index (χ3v) is 6.52. The highest BCUT2D eigenvalue weighted by molar-refractivity contribution is 6.42. The lowest BCUT2D eigenvalue weighted by atomic mass is 10.1. The van der Waals surface area contributed by atoms with Crippen molar-refractivity contribution in [1.29, 1.82) is 0 Å². The van der Waals surface area contributed by atoms with Gasteiger partial charge in [0.25, 0.3) is 5.91 Å². The van der Waals surface area contributed by atoms with E-state index in [1.165, 1.54) is 0 Å². The third kappa shape index (κ3) is 6.08. The molecule has 1 heterocycles. The lowest BCUT2D eigenvalue weighted by molar-refractivity contribution is 0.0953. The average Bonchev–Trinajstić information content (AvgIpc) is 3.16. The number of nitrogens with zero attached hydrogens (tertiary/aromatic N) is 2. The molecule has 0 spiro atoms. The number of benzene rings is 3. The lowest BCUT2D eigenvalue weighted by Gasteiger charge is -2.11. The van der Waals surface area contributed by atoms with Gasteiger partial charge in [0.1, 0.15) is 5.82 Å². The molecule has 0 saturated heterocycles. The highest BCUT2D eigenvalue weighted by atomic mass is 35.5. The van der Waals surface area contributed by atoms with Crippen molar-refractivity contribution in [3.63, 3.8) is 0 Å². The number of halogens is 3. The molecule has 0 aliphatic carbocycles. The van der Waals surface area contributed by atoms with Gasteiger partial charge in [-0.05, 0) is 66.9 Å². The second-order valence-corrected chi connectivity index (χ2v) is 9.18. The second-order valence-electron chi connectivity index (χ2n) is 7.92. The molecule has 0 aliphatic rings. The van der Waals surface area contributed by atoms with Gasteiger partial charge in [-0.1, -0.05) is 59.4 Å². The molecule has 170 valence electrons. The SMILES string of the molecule is O=C(NCCCCCc1nc2ccccc2n1Cc1ccc(Cl)c(Cl)c1)c1ccc(Cl)cc1. The van der Waals surface area contributed by atoms with Crippen molar-refractivity contribution in [2.75, 3.05) is 6.54 Å². The van der Waals surface area contributed by atoms with E-state index < -0.39 is 0 Å². The van der Waals surface area contributed by atoms with Crippen LogP contribution in [0, 0.1) is 0 Å². The highest BCUT2D eigenvalue weighted by Crippen LogP contribution is 2.25. The van der Waals surface area contributed by atoms with E-state index in [2.05, 4.69) is 16.0 Å². The lowest BCUT2D eigenvalue weighted by Crippen LogP contribution is -2.24. The number of imidazole rings is 1. The van der Waals surface area contributed by atoms with E-state index in [0.29, 0.717) is 33.7 Å². The highest BCUT2D eigenvalue weighted by Gasteiger charge is 2.12. The van der Waals surface area contributed by atoms with Crippen molar-refractivity contribution < 1.29 is 4.79 Å². The van der Waals surface area contributed by atoms with Crippen molar-refractivity contribution in [3.8, 4) is 0 Å². The standard InChI is InChI=1S/C26H24Cl3N3O/c27-20-12-10-19(11-13-20)26(33)30-15-5-1-2-8-25-31-23-6-3-4-7-24(23)32(25)17-18-9-14-21(28)22(29)16-18/h3-4,6-7,9-14,16H,1-2,5,8,15,17H2,(H,30,33). The van der Waals surface area contributed by atoms with E-state index in [1.807, 2.05) is 36.4 Å². The normalized spacial score (nSPS) is 11.1. The Kier molecular flexibility index (Phi) is 7.92. The summed E-state index contributed by atoms with van der Waals surface area (Å²) in [5.74, 6) is 0.975. The number of aromatic nitrogens is 2. The predicted molar refractivity (Wildman–Crippen MR) is 137 cm³/mol. The summed E-state index contributed by atoms with van der Waals surface area (Å²) in [6.07, 6.45) is 3.76. The summed E-state index contributed by atoms with van der Waals surface area (Å²) in [5, 5.41) is 4.70. The molecule has 33 heavy (non-hydrogen) atoms. The van der Waals surface area contributed by atoms with Crippen molar-refractivity contribution in [2.24, 2.45) is 0 Å². The number of carbonyl (C=O) groups excluding carboxylic acids is 1. The van der Waals surface area contributed by atoms with E-state index in [1.54, 1.807) is 24.3 Å². The average molecular weight is 501 g/mol. The van der Waals surface area contributed by atoms with Gasteiger partial charge in [0.15, 0.2) is 0 Å². The number of carbonyl (C=O) groups is 1. The van der Waals surface area contributed by atoms with Gasteiger partial charge in [0.05, 0.1) is 21.1 Å². The van der Waals surface area contributed by atoms with Gasteiger partial charge < -0.3 is 9.88 Å². The van der Waals surface area contributed by atoms with E-state index >= 15 is 0 Å². The molecule has 0 aliphatic heterocycles. The van der Waals surface area contributed by atoms with E-state index in [-0.39, 0.29) is 5.91 Å². The Morgan fingerprint density at radius 2 is 1.67 bits per heavy atom. The topological polar surface area (TPSA) is 46.9 Å². The molecule has 3 aromatic carbocycles. The molecule has 0 unspecified atom stereocenters. The summed E-state index contributed by atoms with van der Waals surface area (Å²) in [7, 11) is 0. The summed E-state index contributed by atoms with van der Waals surface area (Å²) in [5.41, 5.74) is 3.80. The fourth-order valence-corrected chi connectivity index (χ4v) is 4.25. The Balaban J connectivity index is 1.33. The predicted octanol–water partition coefficient (Wildman–Crippen LogP) is 7.19. The molecule has 1 N–H and O–H groups in total. The third-order valence-electron chi connectivity index (χ3n) is 5.53. The summed E-state index contributed by atoms with van der Waals surface area (Å²) >= 11 is 18.2. The molecule has 1 amide bonds. The van der Waals surface area contributed by atoms with Crippen LogP contribution in [0.4, 0.5) is 0 Å². The number of amides is 1. The van der Waals surface area contributed by atoms with Gasteiger partial charge in [-0.15, -0.1) is 0 Å². The molecule has 0 fully saturated rings. The zero-order valence-electron chi connectivity index (χ0n) is 18.0. The molecule has 4 nitrogen and oxygen atoms in total. The van der Waals surface area contributed by atoms with Crippen LogP contribution in [0.3, 0.4) is 0 Å². The summed E-state index contributed by atoms with van der Waals surface area (Å²) in [6, 6.07) is 20.8. The van der Waals surface area contributed by atoms with E-state index in [9.17, 15) is 4.79 Å². The molecule has 4 aromatic rings. The minimum atomic E-state index is -0.0740. The number of fused-ring (bicyclic) bond motifs is 1. The van der Waals surface area contributed by atoms with Crippen LogP contribution in [-0.2, 0) is 13.0 Å². The first kappa shape index (κ1) is 23.6. The Labute approximate surface area is 208 Å².